The van der Waals surface area contributed by atoms with Gasteiger partial charge >= 0.3 is 0 Å². The summed E-state index contributed by atoms with van der Waals surface area (Å²) in [4.78, 5) is 1.34. The maximum absolute atomic E-state index is 5.21. The minimum absolute atomic E-state index is 0.671. The molecule has 2 nitrogen and oxygen atoms in total. The van der Waals surface area contributed by atoms with Crippen LogP contribution in [0.25, 0.3) is 0 Å². The molecule has 112 valence electrons. The van der Waals surface area contributed by atoms with Crippen LogP contribution in [0, 0.1) is 5.92 Å². The van der Waals surface area contributed by atoms with E-state index in [9.17, 15) is 0 Å². The van der Waals surface area contributed by atoms with Gasteiger partial charge in [-0.25, -0.2) is 0 Å². The van der Waals surface area contributed by atoms with Gasteiger partial charge in [0.1, 0.15) is 5.75 Å². The first-order chi connectivity index (χ1) is 9.83. The van der Waals surface area contributed by atoms with E-state index in [4.69, 9.17) is 4.74 Å². The summed E-state index contributed by atoms with van der Waals surface area (Å²) in [7, 11) is 1.72. The molecule has 0 aromatic heterocycles. The van der Waals surface area contributed by atoms with Crippen LogP contribution in [0.5, 0.6) is 5.75 Å². The molecule has 20 heavy (non-hydrogen) atoms. The second-order valence-corrected chi connectivity index (χ2v) is 6.69. The van der Waals surface area contributed by atoms with E-state index in [1.54, 1.807) is 7.11 Å². The van der Waals surface area contributed by atoms with Crippen LogP contribution in [0.1, 0.15) is 39.0 Å². The molecule has 1 unspecified atom stereocenters. The Bertz CT molecular complexity index is 373. The third-order valence-electron chi connectivity index (χ3n) is 4.11. The van der Waals surface area contributed by atoms with Crippen LogP contribution in [0.4, 0.5) is 0 Å². The SMILES string of the molecule is CCCNC(CSc1ccc(OC)cc1)C1CCCC1. The van der Waals surface area contributed by atoms with E-state index in [2.05, 4.69) is 24.4 Å². The van der Waals surface area contributed by atoms with Gasteiger partial charge in [0, 0.05) is 16.7 Å². The van der Waals surface area contributed by atoms with E-state index >= 15 is 0 Å². The largest absolute Gasteiger partial charge is 0.497 e. The summed E-state index contributed by atoms with van der Waals surface area (Å²) in [5.41, 5.74) is 0. The van der Waals surface area contributed by atoms with Crippen molar-refractivity contribution >= 4 is 11.8 Å². The number of hydrogen-bond acceptors (Lipinski definition) is 3. The monoisotopic (exact) mass is 293 g/mol. The molecule has 0 aliphatic heterocycles. The molecule has 0 amide bonds. The first-order valence-corrected chi connectivity index (χ1v) is 8.82. The lowest BCUT2D eigenvalue weighted by Crippen LogP contribution is -2.37. The molecule has 2 rings (SSSR count). The van der Waals surface area contributed by atoms with E-state index in [-0.39, 0.29) is 0 Å². The van der Waals surface area contributed by atoms with Crippen LogP contribution in [0.15, 0.2) is 29.2 Å². The van der Waals surface area contributed by atoms with Crippen molar-refractivity contribution in [1.29, 1.82) is 0 Å². The van der Waals surface area contributed by atoms with E-state index in [1.165, 1.54) is 42.8 Å². The highest BCUT2D eigenvalue weighted by Crippen LogP contribution is 2.31. The molecule has 0 bridgehead atoms. The van der Waals surface area contributed by atoms with Crippen molar-refractivity contribution in [1.82, 2.24) is 5.32 Å². The second-order valence-electron chi connectivity index (χ2n) is 5.59. The van der Waals surface area contributed by atoms with Crippen LogP contribution in [-0.2, 0) is 0 Å². The van der Waals surface area contributed by atoms with Gasteiger partial charge in [-0.1, -0.05) is 19.8 Å². The molecule has 3 heteroatoms. The van der Waals surface area contributed by atoms with Gasteiger partial charge in [-0.05, 0) is 56.0 Å². The Kier molecular flexibility index (Phi) is 6.74. The van der Waals surface area contributed by atoms with E-state index in [0.29, 0.717) is 6.04 Å². The normalized spacial score (nSPS) is 17.3. The molecule has 1 aliphatic carbocycles. The van der Waals surface area contributed by atoms with Crippen molar-refractivity contribution in [2.45, 2.75) is 50.0 Å². The van der Waals surface area contributed by atoms with Crippen LogP contribution in [-0.4, -0.2) is 25.4 Å². The van der Waals surface area contributed by atoms with Gasteiger partial charge in [0.25, 0.3) is 0 Å². The standard InChI is InChI=1S/C17H27NOS/c1-3-12-18-17(14-6-4-5-7-14)13-20-16-10-8-15(19-2)9-11-16/h8-11,14,17-18H,3-7,12-13H2,1-2H3. The van der Waals surface area contributed by atoms with Gasteiger partial charge in [-0.3, -0.25) is 0 Å². The fraction of sp³-hybridized carbons (Fsp3) is 0.647. The van der Waals surface area contributed by atoms with Gasteiger partial charge in [-0.15, -0.1) is 11.8 Å². The molecule has 1 atom stereocenters. The number of thioether (sulfide) groups is 1. The quantitative estimate of drug-likeness (QED) is 0.720. The number of nitrogens with one attached hydrogen (secondary N) is 1. The Morgan fingerprint density at radius 3 is 2.55 bits per heavy atom. The van der Waals surface area contributed by atoms with Crippen molar-refractivity contribution in [3.8, 4) is 5.75 Å². The zero-order valence-electron chi connectivity index (χ0n) is 12.7. The number of ether oxygens (including phenoxy) is 1. The first-order valence-electron chi connectivity index (χ1n) is 7.83. The molecule has 1 aromatic carbocycles. The van der Waals surface area contributed by atoms with Gasteiger partial charge in [0.05, 0.1) is 7.11 Å². The van der Waals surface area contributed by atoms with Gasteiger partial charge in [0.2, 0.25) is 0 Å². The molecular weight excluding hydrogens is 266 g/mol. The molecule has 1 fully saturated rings. The number of rotatable bonds is 8. The lowest BCUT2D eigenvalue weighted by Gasteiger charge is -2.24. The third-order valence-corrected chi connectivity index (χ3v) is 5.25. The predicted octanol–water partition coefficient (Wildman–Crippen LogP) is 4.35. The summed E-state index contributed by atoms with van der Waals surface area (Å²) in [6.07, 6.45) is 6.87. The van der Waals surface area contributed by atoms with Crippen molar-refractivity contribution in [2.75, 3.05) is 19.4 Å². The highest BCUT2D eigenvalue weighted by atomic mass is 32.2. The number of methoxy groups -OCH3 is 1. The van der Waals surface area contributed by atoms with Gasteiger partial charge in [0.15, 0.2) is 0 Å². The zero-order chi connectivity index (χ0) is 14.2. The van der Waals surface area contributed by atoms with E-state index in [0.717, 1.165) is 18.2 Å². The Morgan fingerprint density at radius 2 is 1.95 bits per heavy atom. The smallest absolute Gasteiger partial charge is 0.118 e. The lowest BCUT2D eigenvalue weighted by molar-refractivity contribution is 0.388. The molecule has 0 heterocycles. The van der Waals surface area contributed by atoms with E-state index in [1.807, 2.05) is 23.9 Å². The Labute approximate surface area is 127 Å². The summed E-state index contributed by atoms with van der Waals surface area (Å²) in [5.74, 6) is 3.00. The minimum Gasteiger partial charge on any atom is -0.497 e. The van der Waals surface area contributed by atoms with Crippen molar-refractivity contribution < 1.29 is 4.74 Å². The van der Waals surface area contributed by atoms with Crippen LogP contribution in [0.3, 0.4) is 0 Å². The van der Waals surface area contributed by atoms with Gasteiger partial charge < -0.3 is 10.1 Å². The highest BCUT2D eigenvalue weighted by molar-refractivity contribution is 7.99. The Morgan fingerprint density at radius 1 is 1.25 bits per heavy atom. The summed E-state index contributed by atoms with van der Waals surface area (Å²) in [6.45, 7) is 3.39. The summed E-state index contributed by atoms with van der Waals surface area (Å²) >= 11 is 1.97. The van der Waals surface area contributed by atoms with Crippen LogP contribution >= 0.6 is 11.8 Å². The van der Waals surface area contributed by atoms with Crippen molar-refractivity contribution in [3.63, 3.8) is 0 Å². The average Bonchev–Trinajstić information content (AvgIpc) is 3.02. The lowest BCUT2D eigenvalue weighted by atomic mass is 10.00. The highest BCUT2D eigenvalue weighted by Gasteiger charge is 2.24. The minimum atomic E-state index is 0.671. The fourth-order valence-corrected chi connectivity index (χ4v) is 4.00. The molecule has 0 radical (unpaired) electrons. The molecular formula is C17H27NOS. The summed E-state index contributed by atoms with van der Waals surface area (Å²) in [6, 6.07) is 9.09. The summed E-state index contributed by atoms with van der Waals surface area (Å²) in [5, 5.41) is 3.76. The molecule has 1 aliphatic rings. The maximum Gasteiger partial charge on any atom is 0.118 e. The zero-order valence-corrected chi connectivity index (χ0v) is 13.5. The molecule has 1 aromatic rings. The topological polar surface area (TPSA) is 21.3 Å². The van der Waals surface area contributed by atoms with Crippen molar-refractivity contribution in [3.05, 3.63) is 24.3 Å². The average molecular weight is 293 g/mol. The maximum atomic E-state index is 5.21. The molecule has 0 spiro atoms. The third kappa shape index (κ3) is 4.71. The van der Waals surface area contributed by atoms with Gasteiger partial charge in [-0.2, -0.15) is 0 Å². The Hall–Kier alpha value is -0.670. The molecule has 1 N–H and O–H groups in total. The van der Waals surface area contributed by atoms with Crippen molar-refractivity contribution in [2.24, 2.45) is 5.92 Å². The fourth-order valence-electron chi connectivity index (χ4n) is 2.91. The first kappa shape index (κ1) is 15.7. The summed E-state index contributed by atoms with van der Waals surface area (Å²) < 4.78 is 5.21. The number of hydrogen-bond donors (Lipinski definition) is 1. The Balaban J connectivity index is 1.86. The number of benzene rings is 1. The molecule has 1 saturated carbocycles. The molecule has 0 saturated heterocycles. The van der Waals surface area contributed by atoms with Crippen LogP contribution < -0.4 is 10.1 Å². The predicted molar refractivity (Wildman–Crippen MR) is 87.8 cm³/mol. The van der Waals surface area contributed by atoms with E-state index < -0.39 is 0 Å². The second kappa shape index (κ2) is 8.58. The van der Waals surface area contributed by atoms with Crippen LogP contribution in [0.2, 0.25) is 0 Å².